The molecule has 0 atom stereocenters. The summed E-state index contributed by atoms with van der Waals surface area (Å²) in [6.07, 6.45) is 1.47. The lowest BCUT2D eigenvalue weighted by atomic mass is 10.1. The highest BCUT2D eigenvalue weighted by molar-refractivity contribution is 9.10. The summed E-state index contributed by atoms with van der Waals surface area (Å²) in [7, 11) is 0. The Balaban J connectivity index is 1.38. The zero-order chi connectivity index (χ0) is 28.5. The van der Waals surface area contributed by atoms with Crippen LogP contribution in [0.4, 0.5) is 0 Å². The molecule has 0 saturated carbocycles. The predicted molar refractivity (Wildman–Crippen MR) is 164 cm³/mol. The SMILES string of the molecule is N#Cc1ccccc1COc1c(Cl)cc(C=Nn2c(-c3cc4cc(Br)ccc4o3)nc3ccccc3c2=O)cc1Cl. The van der Waals surface area contributed by atoms with Crippen molar-refractivity contribution in [3.05, 3.63) is 126 Å². The van der Waals surface area contributed by atoms with Gasteiger partial charge in [-0.1, -0.05) is 69.5 Å². The van der Waals surface area contributed by atoms with Crippen molar-refractivity contribution in [2.24, 2.45) is 5.10 Å². The number of benzene rings is 4. The first-order valence-corrected chi connectivity index (χ1v) is 13.8. The van der Waals surface area contributed by atoms with Crippen molar-refractivity contribution in [3.8, 4) is 23.4 Å². The molecule has 2 heterocycles. The van der Waals surface area contributed by atoms with Crippen LogP contribution in [0.1, 0.15) is 16.7 Å². The van der Waals surface area contributed by atoms with Crippen molar-refractivity contribution in [2.75, 3.05) is 0 Å². The van der Waals surface area contributed by atoms with E-state index >= 15 is 0 Å². The van der Waals surface area contributed by atoms with E-state index in [0.717, 1.165) is 9.86 Å². The fourth-order valence-electron chi connectivity index (χ4n) is 4.34. The van der Waals surface area contributed by atoms with Gasteiger partial charge in [-0.15, -0.1) is 0 Å². The van der Waals surface area contributed by atoms with E-state index in [-0.39, 0.29) is 33.8 Å². The Morgan fingerprint density at radius 3 is 2.59 bits per heavy atom. The summed E-state index contributed by atoms with van der Waals surface area (Å²) >= 11 is 16.5. The Kier molecular flexibility index (Phi) is 7.33. The molecule has 0 aliphatic rings. The highest BCUT2D eigenvalue weighted by Gasteiger charge is 2.17. The van der Waals surface area contributed by atoms with Crippen LogP contribution in [0, 0.1) is 11.3 Å². The number of furan rings is 1. The first-order chi connectivity index (χ1) is 19.9. The molecular weight excluding hydrogens is 627 g/mol. The van der Waals surface area contributed by atoms with E-state index in [2.05, 4.69) is 27.1 Å². The van der Waals surface area contributed by atoms with Gasteiger partial charge in [-0.3, -0.25) is 4.79 Å². The van der Waals surface area contributed by atoms with Crippen molar-refractivity contribution in [3.63, 3.8) is 0 Å². The number of nitrogens with zero attached hydrogens (tertiary/aromatic N) is 4. The number of halogens is 3. The lowest BCUT2D eigenvalue weighted by Crippen LogP contribution is -2.20. The van der Waals surface area contributed by atoms with Gasteiger partial charge in [0.05, 0.1) is 38.8 Å². The summed E-state index contributed by atoms with van der Waals surface area (Å²) in [5, 5.41) is 15.5. The van der Waals surface area contributed by atoms with Crippen molar-refractivity contribution in [2.45, 2.75) is 6.61 Å². The minimum absolute atomic E-state index is 0.117. The fraction of sp³-hybridized carbons (Fsp3) is 0.0323. The van der Waals surface area contributed by atoms with Crippen LogP contribution in [-0.2, 0) is 6.61 Å². The van der Waals surface area contributed by atoms with Gasteiger partial charge >= 0.3 is 0 Å². The molecular formula is C31H17BrCl2N4O3. The van der Waals surface area contributed by atoms with Crippen molar-refractivity contribution >= 4 is 67.2 Å². The second kappa shape index (κ2) is 11.2. The van der Waals surface area contributed by atoms with E-state index in [4.69, 9.17) is 37.3 Å². The molecule has 0 aliphatic carbocycles. The second-order valence-electron chi connectivity index (χ2n) is 8.98. The second-order valence-corrected chi connectivity index (χ2v) is 10.7. The van der Waals surface area contributed by atoms with E-state index in [1.807, 2.05) is 36.4 Å². The smallest absolute Gasteiger partial charge is 0.282 e. The van der Waals surface area contributed by atoms with E-state index in [1.165, 1.54) is 10.9 Å². The summed E-state index contributed by atoms with van der Waals surface area (Å²) in [6.45, 7) is 0.117. The third-order valence-electron chi connectivity index (χ3n) is 6.31. The van der Waals surface area contributed by atoms with Crippen LogP contribution >= 0.6 is 39.1 Å². The van der Waals surface area contributed by atoms with Gasteiger partial charge in [0.2, 0.25) is 5.82 Å². The summed E-state index contributed by atoms with van der Waals surface area (Å²) in [4.78, 5) is 18.2. The summed E-state index contributed by atoms with van der Waals surface area (Å²) < 4.78 is 14.0. The first kappa shape index (κ1) is 26.8. The van der Waals surface area contributed by atoms with Crippen LogP contribution in [0.3, 0.4) is 0 Å². The molecule has 0 bridgehead atoms. The van der Waals surface area contributed by atoms with Crippen molar-refractivity contribution in [1.82, 2.24) is 9.66 Å². The molecule has 6 rings (SSSR count). The average molecular weight is 644 g/mol. The standard InChI is InChI=1S/C31H17BrCl2N4O3/c32-22-9-10-27-21(13-22)14-28(41-27)30-37-26-8-4-3-7-23(26)31(39)38(30)36-16-18-11-24(33)29(25(34)12-18)40-17-20-6-2-1-5-19(20)15-35/h1-14,16H,17H2. The molecule has 7 nitrogen and oxygen atoms in total. The topological polar surface area (TPSA) is 93.4 Å². The summed E-state index contributed by atoms with van der Waals surface area (Å²) in [5.41, 5.74) is 2.55. The van der Waals surface area contributed by atoms with Gasteiger partial charge in [-0.2, -0.15) is 15.0 Å². The maximum Gasteiger partial charge on any atom is 0.282 e. The molecule has 4 aromatic carbocycles. The van der Waals surface area contributed by atoms with E-state index in [1.54, 1.807) is 48.5 Å². The van der Waals surface area contributed by atoms with Crippen LogP contribution in [0.2, 0.25) is 10.0 Å². The van der Waals surface area contributed by atoms with Gasteiger partial charge in [0, 0.05) is 15.4 Å². The van der Waals surface area contributed by atoms with Gasteiger partial charge < -0.3 is 9.15 Å². The maximum atomic E-state index is 13.5. The largest absolute Gasteiger partial charge is 0.486 e. The van der Waals surface area contributed by atoms with Gasteiger partial charge in [-0.05, 0) is 60.2 Å². The van der Waals surface area contributed by atoms with Crippen molar-refractivity contribution < 1.29 is 9.15 Å². The molecule has 0 N–H and O–H groups in total. The van der Waals surface area contributed by atoms with Gasteiger partial charge in [-0.25, -0.2) is 4.98 Å². The number of rotatable bonds is 6. The molecule has 200 valence electrons. The molecule has 0 amide bonds. The highest BCUT2D eigenvalue weighted by atomic mass is 79.9. The van der Waals surface area contributed by atoms with Crippen LogP contribution in [-0.4, -0.2) is 15.9 Å². The monoisotopic (exact) mass is 642 g/mol. The normalized spacial score (nSPS) is 11.4. The Hall–Kier alpha value is -4.42. The van der Waals surface area contributed by atoms with Gasteiger partial charge in [0.25, 0.3) is 5.56 Å². The van der Waals surface area contributed by atoms with Crippen LogP contribution in [0.15, 0.2) is 104 Å². The molecule has 0 fully saturated rings. The Morgan fingerprint density at radius 1 is 1.02 bits per heavy atom. The zero-order valence-electron chi connectivity index (χ0n) is 21.0. The Bertz CT molecular complexity index is 2070. The molecule has 2 aromatic heterocycles. The number of hydrogen-bond donors (Lipinski definition) is 0. The van der Waals surface area contributed by atoms with Crippen molar-refractivity contribution in [1.29, 1.82) is 5.26 Å². The van der Waals surface area contributed by atoms with Crippen LogP contribution in [0.5, 0.6) is 5.75 Å². The van der Waals surface area contributed by atoms with Crippen LogP contribution in [0.25, 0.3) is 33.5 Å². The number of para-hydroxylation sites is 1. The average Bonchev–Trinajstić information content (AvgIpc) is 3.39. The van der Waals surface area contributed by atoms with Crippen LogP contribution < -0.4 is 10.3 Å². The number of aromatic nitrogens is 2. The molecule has 10 heteroatoms. The quantitative estimate of drug-likeness (QED) is 0.171. The van der Waals surface area contributed by atoms with Gasteiger partial charge in [0.15, 0.2) is 11.5 Å². The molecule has 0 unspecified atom stereocenters. The molecule has 41 heavy (non-hydrogen) atoms. The summed E-state index contributed by atoms with van der Waals surface area (Å²) in [5.74, 6) is 0.901. The highest BCUT2D eigenvalue weighted by Crippen LogP contribution is 2.35. The third kappa shape index (κ3) is 5.35. The molecule has 0 radical (unpaired) electrons. The van der Waals surface area contributed by atoms with E-state index in [0.29, 0.717) is 38.9 Å². The van der Waals surface area contributed by atoms with E-state index < -0.39 is 0 Å². The molecule has 0 saturated heterocycles. The minimum atomic E-state index is -0.364. The number of hydrogen-bond acceptors (Lipinski definition) is 6. The van der Waals surface area contributed by atoms with E-state index in [9.17, 15) is 10.1 Å². The maximum absolute atomic E-state index is 13.5. The number of fused-ring (bicyclic) bond motifs is 2. The number of ether oxygens (including phenoxy) is 1. The molecule has 6 aromatic rings. The fourth-order valence-corrected chi connectivity index (χ4v) is 5.33. The zero-order valence-corrected chi connectivity index (χ0v) is 24.1. The Labute approximate surface area is 252 Å². The third-order valence-corrected chi connectivity index (χ3v) is 7.36. The predicted octanol–water partition coefficient (Wildman–Crippen LogP) is 8.21. The lowest BCUT2D eigenvalue weighted by molar-refractivity contribution is 0.306. The summed E-state index contributed by atoms with van der Waals surface area (Å²) in [6, 6.07) is 27.0. The minimum Gasteiger partial charge on any atom is -0.486 e. The first-order valence-electron chi connectivity index (χ1n) is 12.3. The molecule has 0 aliphatic heterocycles. The Morgan fingerprint density at radius 2 is 1.78 bits per heavy atom. The lowest BCUT2D eigenvalue weighted by Gasteiger charge is -2.12. The number of nitriles is 1. The van der Waals surface area contributed by atoms with Gasteiger partial charge in [0.1, 0.15) is 12.2 Å². The molecule has 0 spiro atoms.